The van der Waals surface area contributed by atoms with E-state index in [1.54, 1.807) is 10.9 Å². The summed E-state index contributed by atoms with van der Waals surface area (Å²) in [7, 11) is 0. The van der Waals surface area contributed by atoms with Crippen LogP contribution in [0.15, 0.2) is 30.6 Å². The van der Waals surface area contributed by atoms with E-state index in [0.29, 0.717) is 24.5 Å². The molecule has 2 heterocycles. The number of hydrazine groups is 1. The Bertz CT molecular complexity index is 556. The molecule has 0 aromatic carbocycles. The molecule has 0 aliphatic carbocycles. The first-order chi connectivity index (χ1) is 9.19. The molecular formula is C11H13ClN6O. The highest BCUT2D eigenvalue weighted by molar-refractivity contribution is 6.29. The van der Waals surface area contributed by atoms with Gasteiger partial charge >= 0.3 is 0 Å². The van der Waals surface area contributed by atoms with Crippen molar-refractivity contribution < 1.29 is 4.79 Å². The van der Waals surface area contributed by atoms with Crippen molar-refractivity contribution in [3.8, 4) is 0 Å². The van der Waals surface area contributed by atoms with Crippen LogP contribution in [0.5, 0.6) is 0 Å². The number of carbonyl (C=O) groups is 1. The molecule has 0 spiro atoms. The second-order valence-corrected chi connectivity index (χ2v) is 4.12. The molecule has 0 aliphatic heterocycles. The van der Waals surface area contributed by atoms with E-state index in [1.165, 1.54) is 12.1 Å². The number of pyridine rings is 1. The molecule has 1 amide bonds. The number of amides is 1. The quantitative estimate of drug-likeness (QED) is 0.424. The number of carbonyl (C=O) groups excluding carboxylic acids is 1. The van der Waals surface area contributed by atoms with Crippen LogP contribution in [0.4, 0.5) is 5.82 Å². The van der Waals surface area contributed by atoms with E-state index in [4.69, 9.17) is 17.4 Å². The van der Waals surface area contributed by atoms with Gasteiger partial charge in [0, 0.05) is 24.5 Å². The number of hydrogen-bond acceptors (Lipinski definition) is 5. The Morgan fingerprint density at radius 2 is 2.32 bits per heavy atom. The third-order valence-corrected chi connectivity index (χ3v) is 2.58. The highest BCUT2D eigenvalue weighted by atomic mass is 35.5. The third-order valence-electron chi connectivity index (χ3n) is 2.39. The molecule has 0 unspecified atom stereocenters. The van der Waals surface area contributed by atoms with Crippen molar-refractivity contribution in [3.63, 3.8) is 0 Å². The smallest absolute Gasteiger partial charge is 0.251 e. The number of nitrogen functional groups attached to an aromatic ring is 1. The average molecular weight is 281 g/mol. The number of nitrogens with one attached hydrogen (secondary N) is 2. The average Bonchev–Trinajstić information content (AvgIpc) is 2.91. The Morgan fingerprint density at radius 3 is 3.00 bits per heavy atom. The number of nitrogens with zero attached hydrogens (tertiary/aromatic N) is 3. The highest BCUT2D eigenvalue weighted by Gasteiger charge is 2.08. The summed E-state index contributed by atoms with van der Waals surface area (Å²) in [6.45, 7) is 1.06. The Balaban J connectivity index is 1.94. The largest absolute Gasteiger partial charge is 0.350 e. The van der Waals surface area contributed by atoms with Gasteiger partial charge < -0.3 is 10.7 Å². The van der Waals surface area contributed by atoms with Gasteiger partial charge in [-0.05, 0) is 18.2 Å². The van der Waals surface area contributed by atoms with Gasteiger partial charge in [0.15, 0.2) is 0 Å². The number of nitrogens with two attached hydrogens (primary N) is 1. The molecule has 0 saturated heterocycles. The Labute approximate surface area is 114 Å². The molecule has 0 bridgehead atoms. The van der Waals surface area contributed by atoms with Crippen LogP contribution in [0.3, 0.4) is 0 Å². The van der Waals surface area contributed by atoms with Gasteiger partial charge in [0.05, 0.1) is 6.54 Å². The molecule has 4 N–H and O–H groups in total. The number of anilines is 1. The maximum absolute atomic E-state index is 11.9. The van der Waals surface area contributed by atoms with Crippen molar-refractivity contribution in [2.24, 2.45) is 5.84 Å². The maximum Gasteiger partial charge on any atom is 0.251 e. The second kappa shape index (κ2) is 6.17. The second-order valence-electron chi connectivity index (χ2n) is 3.73. The topological polar surface area (TPSA) is 97.9 Å². The minimum Gasteiger partial charge on any atom is -0.350 e. The number of halogens is 1. The van der Waals surface area contributed by atoms with Gasteiger partial charge in [-0.1, -0.05) is 11.6 Å². The van der Waals surface area contributed by atoms with Crippen LogP contribution in [0, 0.1) is 0 Å². The van der Waals surface area contributed by atoms with Gasteiger partial charge in [-0.15, -0.1) is 0 Å². The van der Waals surface area contributed by atoms with Crippen molar-refractivity contribution in [2.75, 3.05) is 12.0 Å². The summed E-state index contributed by atoms with van der Waals surface area (Å²) in [5.74, 6) is 5.33. The highest BCUT2D eigenvalue weighted by Crippen LogP contribution is 2.13. The van der Waals surface area contributed by atoms with E-state index >= 15 is 0 Å². The van der Waals surface area contributed by atoms with Crippen LogP contribution in [0.2, 0.25) is 5.15 Å². The zero-order valence-corrected chi connectivity index (χ0v) is 10.8. The fraction of sp³-hybridized carbons (Fsp3) is 0.182. The summed E-state index contributed by atoms with van der Waals surface area (Å²) in [5, 5.41) is 7.00. The van der Waals surface area contributed by atoms with Gasteiger partial charge in [-0.3, -0.25) is 9.48 Å². The Morgan fingerprint density at radius 1 is 1.47 bits per heavy atom. The molecule has 19 heavy (non-hydrogen) atoms. The normalized spacial score (nSPS) is 10.2. The van der Waals surface area contributed by atoms with Crippen molar-refractivity contribution in [3.05, 3.63) is 41.3 Å². The zero-order valence-electron chi connectivity index (χ0n) is 10.0. The van der Waals surface area contributed by atoms with Crippen LogP contribution in [0.25, 0.3) is 0 Å². The lowest BCUT2D eigenvalue weighted by Gasteiger charge is -2.07. The lowest BCUT2D eigenvalue weighted by atomic mass is 10.2. The minimum atomic E-state index is -0.243. The molecule has 7 nitrogen and oxygen atoms in total. The van der Waals surface area contributed by atoms with Crippen LogP contribution in [-0.4, -0.2) is 27.2 Å². The van der Waals surface area contributed by atoms with E-state index < -0.39 is 0 Å². The summed E-state index contributed by atoms with van der Waals surface area (Å²) in [4.78, 5) is 15.8. The van der Waals surface area contributed by atoms with Crippen molar-refractivity contribution in [1.29, 1.82) is 0 Å². The number of aromatic nitrogens is 3. The lowest BCUT2D eigenvalue weighted by Crippen LogP contribution is -2.27. The molecule has 0 atom stereocenters. The number of hydrogen-bond donors (Lipinski definition) is 3. The molecule has 8 heteroatoms. The van der Waals surface area contributed by atoms with Gasteiger partial charge in [0.1, 0.15) is 11.0 Å². The van der Waals surface area contributed by atoms with E-state index in [1.807, 2.05) is 12.3 Å². The fourth-order valence-electron chi connectivity index (χ4n) is 1.52. The van der Waals surface area contributed by atoms with Gasteiger partial charge in [0.2, 0.25) is 0 Å². The number of rotatable bonds is 5. The summed E-state index contributed by atoms with van der Waals surface area (Å²) in [6.07, 6.45) is 3.51. The fourth-order valence-corrected chi connectivity index (χ4v) is 1.73. The Hall–Kier alpha value is -2.12. The summed E-state index contributed by atoms with van der Waals surface area (Å²) in [5.41, 5.74) is 2.75. The maximum atomic E-state index is 11.9. The van der Waals surface area contributed by atoms with Crippen molar-refractivity contribution in [1.82, 2.24) is 20.1 Å². The summed E-state index contributed by atoms with van der Waals surface area (Å²) < 4.78 is 1.73. The predicted molar refractivity (Wildman–Crippen MR) is 71.6 cm³/mol. The van der Waals surface area contributed by atoms with Gasteiger partial charge in [-0.25, -0.2) is 10.8 Å². The standard InChI is InChI=1S/C11H13ClN6O/c12-9-6-8(7-10(16-9)17-13)11(19)14-3-5-18-4-1-2-15-18/h1-2,4,6-7H,3,5,13H2,(H,14,19)(H,16,17). The van der Waals surface area contributed by atoms with E-state index in [2.05, 4.69) is 20.8 Å². The third kappa shape index (κ3) is 3.67. The summed E-state index contributed by atoms with van der Waals surface area (Å²) in [6, 6.07) is 4.82. The predicted octanol–water partition coefficient (Wildman–Crippen LogP) is 0.647. The molecule has 0 fully saturated rings. The first kappa shape index (κ1) is 13.3. The molecule has 0 aliphatic rings. The van der Waals surface area contributed by atoms with Crippen LogP contribution < -0.4 is 16.6 Å². The first-order valence-corrected chi connectivity index (χ1v) is 5.96. The monoisotopic (exact) mass is 280 g/mol. The van der Waals surface area contributed by atoms with Gasteiger partial charge in [-0.2, -0.15) is 5.10 Å². The van der Waals surface area contributed by atoms with Crippen LogP contribution >= 0.6 is 11.6 Å². The minimum absolute atomic E-state index is 0.202. The van der Waals surface area contributed by atoms with Crippen LogP contribution in [-0.2, 0) is 6.54 Å². The van der Waals surface area contributed by atoms with Gasteiger partial charge in [0.25, 0.3) is 5.91 Å². The molecule has 0 radical (unpaired) electrons. The summed E-state index contributed by atoms with van der Waals surface area (Å²) >= 11 is 5.79. The molecule has 0 saturated carbocycles. The molecule has 2 rings (SSSR count). The Kier molecular flexibility index (Phi) is 4.32. The van der Waals surface area contributed by atoms with Crippen molar-refractivity contribution >= 4 is 23.3 Å². The lowest BCUT2D eigenvalue weighted by molar-refractivity contribution is 0.0952. The molecule has 100 valence electrons. The van der Waals surface area contributed by atoms with E-state index in [9.17, 15) is 4.79 Å². The molecule has 2 aromatic heterocycles. The first-order valence-electron chi connectivity index (χ1n) is 5.59. The SMILES string of the molecule is NNc1cc(C(=O)NCCn2cccn2)cc(Cl)n1. The van der Waals surface area contributed by atoms with Crippen molar-refractivity contribution in [2.45, 2.75) is 6.54 Å². The van der Waals surface area contributed by atoms with Crippen LogP contribution in [0.1, 0.15) is 10.4 Å². The zero-order chi connectivity index (χ0) is 13.7. The van der Waals surface area contributed by atoms with E-state index in [0.717, 1.165) is 0 Å². The van der Waals surface area contributed by atoms with E-state index in [-0.39, 0.29) is 11.1 Å². The molecular weight excluding hydrogens is 268 g/mol. The molecule has 2 aromatic rings.